The lowest BCUT2D eigenvalue weighted by Crippen LogP contribution is -1.98. The van der Waals surface area contributed by atoms with Crippen molar-refractivity contribution in [3.8, 4) is 5.82 Å². The van der Waals surface area contributed by atoms with E-state index in [4.69, 9.17) is 0 Å². The molecule has 2 aromatic heterocycles. The number of aromatic nitrogens is 2. The van der Waals surface area contributed by atoms with Gasteiger partial charge in [0.15, 0.2) is 6.29 Å². The Morgan fingerprint density at radius 1 is 1.11 bits per heavy atom. The molecule has 3 heteroatoms. The fourth-order valence-electron chi connectivity index (χ4n) is 2.20. The highest BCUT2D eigenvalue weighted by Gasteiger charge is 2.08. The van der Waals surface area contributed by atoms with Gasteiger partial charge in [0.25, 0.3) is 0 Å². The Morgan fingerprint density at radius 2 is 1.95 bits per heavy atom. The summed E-state index contributed by atoms with van der Waals surface area (Å²) in [6.45, 7) is 3.83. The SMILES string of the molecule is C=Cc1cn(-c2cccc(C=O)n2)c2ccccc12. The summed E-state index contributed by atoms with van der Waals surface area (Å²) in [5.41, 5.74) is 2.53. The molecule has 3 aromatic rings. The van der Waals surface area contributed by atoms with E-state index in [9.17, 15) is 4.79 Å². The van der Waals surface area contributed by atoms with Gasteiger partial charge in [-0.05, 0) is 23.8 Å². The minimum Gasteiger partial charge on any atom is -0.301 e. The van der Waals surface area contributed by atoms with Crippen LogP contribution in [-0.4, -0.2) is 15.8 Å². The Bertz CT molecular complexity index is 771. The number of rotatable bonds is 3. The molecule has 0 fully saturated rings. The second kappa shape index (κ2) is 4.53. The average Bonchev–Trinajstić information content (AvgIpc) is 2.86. The van der Waals surface area contributed by atoms with Crippen LogP contribution in [-0.2, 0) is 0 Å². The first kappa shape index (κ1) is 11.4. The summed E-state index contributed by atoms with van der Waals surface area (Å²) >= 11 is 0. The molecule has 0 unspecified atom stereocenters. The van der Waals surface area contributed by atoms with Crippen LogP contribution in [0, 0.1) is 0 Å². The Hall–Kier alpha value is -2.68. The molecular weight excluding hydrogens is 236 g/mol. The minimum absolute atomic E-state index is 0.426. The minimum atomic E-state index is 0.426. The quantitative estimate of drug-likeness (QED) is 0.665. The molecule has 1 aromatic carbocycles. The number of aldehydes is 1. The van der Waals surface area contributed by atoms with E-state index in [-0.39, 0.29) is 0 Å². The number of fused-ring (bicyclic) bond motifs is 1. The number of benzene rings is 1. The number of para-hydroxylation sites is 1. The predicted octanol–water partition coefficient (Wildman–Crippen LogP) is 3.48. The van der Waals surface area contributed by atoms with E-state index in [0.29, 0.717) is 5.69 Å². The van der Waals surface area contributed by atoms with Crippen LogP contribution in [0.5, 0.6) is 0 Å². The lowest BCUT2D eigenvalue weighted by molar-refractivity contribution is 0.111. The second-order valence-electron chi connectivity index (χ2n) is 4.21. The molecule has 92 valence electrons. The smallest absolute Gasteiger partial charge is 0.168 e. The summed E-state index contributed by atoms with van der Waals surface area (Å²) < 4.78 is 1.97. The van der Waals surface area contributed by atoms with Crippen molar-refractivity contribution in [3.05, 3.63) is 66.5 Å². The topological polar surface area (TPSA) is 34.9 Å². The molecule has 0 saturated carbocycles. The molecule has 0 aliphatic carbocycles. The van der Waals surface area contributed by atoms with Crippen LogP contribution in [0.3, 0.4) is 0 Å². The number of hydrogen-bond acceptors (Lipinski definition) is 2. The van der Waals surface area contributed by atoms with Gasteiger partial charge in [-0.1, -0.05) is 36.9 Å². The first-order valence-corrected chi connectivity index (χ1v) is 5.98. The molecule has 0 radical (unpaired) electrons. The second-order valence-corrected chi connectivity index (χ2v) is 4.21. The van der Waals surface area contributed by atoms with E-state index < -0.39 is 0 Å². The maximum Gasteiger partial charge on any atom is 0.168 e. The van der Waals surface area contributed by atoms with Gasteiger partial charge in [-0.2, -0.15) is 0 Å². The third-order valence-corrected chi connectivity index (χ3v) is 3.09. The van der Waals surface area contributed by atoms with Crippen molar-refractivity contribution < 1.29 is 4.79 Å². The van der Waals surface area contributed by atoms with E-state index in [1.165, 1.54) is 0 Å². The number of pyridine rings is 1. The van der Waals surface area contributed by atoms with Crippen LogP contribution in [0.1, 0.15) is 16.1 Å². The highest BCUT2D eigenvalue weighted by atomic mass is 16.1. The molecule has 0 bridgehead atoms. The highest BCUT2D eigenvalue weighted by Crippen LogP contribution is 2.24. The number of hydrogen-bond donors (Lipinski definition) is 0. The molecule has 3 nitrogen and oxygen atoms in total. The fraction of sp³-hybridized carbons (Fsp3) is 0. The standard InChI is InChI=1S/C16H12N2O/c1-2-12-10-18(15-8-4-3-7-14(12)15)16-9-5-6-13(11-19)17-16/h2-11H,1H2. The highest BCUT2D eigenvalue weighted by molar-refractivity contribution is 5.90. The molecule has 0 aliphatic rings. The van der Waals surface area contributed by atoms with Gasteiger partial charge in [-0.3, -0.25) is 4.79 Å². The maximum absolute atomic E-state index is 10.8. The van der Waals surface area contributed by atoms with Crippen LogP contribution < -0.4 is 0 Å². The van der Waals surface area contributed by atoms with E-state index in [1.54, 1.807) is 6.07 Å². The summed E-state index contributed by atoms with van der Waals surface area (Å²) in [4.78, 5) is 15.1. The predicted molar refractivity (Wildman–Crippen MR) is 76.5 cm³/mol. The van der Waals surface area contributed by atoms with Crippen LogP contribution in [0.2, 0.25) is 0 Å². The molecular formula is C16H12N2O. The Labute approximate surface area is 110 Å². The van der Waals surface area contributed by atoms with Crippen molar-refractivity contribution in [2.24, 2.45) is 0 Å². The van der Waals surface area contributed by atoms with E-state index in [2.05, 4.69) is 11.6 Å². The summed E-state index contributed by atoms with van der Waals surface area (Å²) in [6.07, 6.45) is 4.56. The van der Waals surface area contributed by atoms with Crippen molar-refractivity contribution in [3.63, 3.8) is 0 Å². The number of carbonyl (C=O) groups excluding carboxylic acids is 1. The Kier molecular flexibility index (Phi) is 2.72. The van der Waals surface area contributed by atoms with E-state index in [0.717, 1.165) is 28.6 Å². The molecule has 0 N–H and O–H groups in total. The summed E-state index contributed by atoms with van der Waals surface area (Å²) in [6, 6.07) is 13.4. The molecule has 0 saturated heterocycles. The van der Waals surface area contributed by atoms with Crippen LogP contribution in [0.25, 0.3) is 22.8 Å². The summed E-state index contributed by atoms with van der Waals surface area (Å²) in [5.74, 6) is 0.730. The van der Waals surface area contributed by atoms with Crippen molar-refractivity contribution in [2.75, 3.05) is 0 Å². The van der Waals surface area contributed by atoms with Crippen molar-refractivity contribution >= 4 is 23.3 Å². The van der Waals surface area contributed by atoms with Crippen LogP contribution >= 0.6 is 0 Å². The molecule has 0 amide bonds. The third kappa shape index (κ3) is 1.85. The van der Waals surface area contributed by atoms with E-state index in [1.807, 2.05) is 53.2 Å². The molecule has 0 atom stereocenters. The Morgan fingerprint density at radius 3 is 2.74 bits per heavy atom. The van der Waals surface area contributed by atoms with Gasteiger partial charge in [0.2, 0.25) is 0 Å². The van der Waals surface area contributed by atoms with Crippen LogP contribution in [0.4, 0.5) is 0 Å². The van der Waals surface area contributed by atoms with Gasteiger partial charge in [-0.15, -0.1) is 0 Å². The lowest BCUT2D eigenvalue weighted by atomic mass is 10.2. The largest absolute Gasteiger partial charge is 0.301 e. The molecule has 0 aliphatic heterocycles. The number of nitrogens with zero attached hydrogens (tertiary/aromatic N) is 2. The van der Waals surface area contributed by atoms with E-state index >= 15 is 0 Å². The molecule has 19 heavy (non-hydrogen) atoms. The summed E-state index contributed by atoms with van der Waals surface area (Å²) in [7, 11) is 0. The molecule has 3 rings (SSSR count). The van der Waals surface area contributed by atoms with Crippen molar-refractivity contribution in [1.29, 1.82) is 0 Å². The van der Waals surface area contributed by atoms with Gasteiger partial charge >= 0.3 is 0 Å². The van der Waals surface area contributed by atoms with Gasteiger partial charge < -0.3 is 4.57 Å². The lowest BCUT2D eigenvalue weighted by Gasteiger charge is -2.04. The average molecular weight is 248 g/mol. The van der Waals surface area contributed by atoms with Gasteiger partial charge in [0.1, 0.15) is 11.5 Å². The third-order valence-electron chi connectivity index (χ3n) is 3.09. The zero-order valence-electron chi connectivity index (χ0n) is 10.3. The molecule has 0 spiro atoms. The van der Waals surface area contributed by atoms with Gasteiger partial charge in [0, 0.05) is 11.6 Å². The van der Waals surface area contributed by atoms with Gasteiger partial charge in [-0.25, -0.2) is 4.98 Å². The monoisotopic (exact) mass is 248 g/mol. The zero-order valence-corrected chi connectivity index (χ0v) is 10.3. The van der Waals surface area contributed by atoms with Crippen molar-refractivity contribution in [2.45, 2.75) is 0 Å². The first-order chi connectivity index (χ1) is 9.33. The maximum atomic E-state index is 10.8. The van der Waals surface area contributed by atoms with Crippen molar-refractivity contribution in [1.82, 2.24) is 9.55 Å². The first-order valence-electron chi connectivity index (χ1n) is 5.98. The Balaban J connectivity index is 2.30. The molecule has 2 heterocycles. The van der Waals surface area contributed by atoms with Crippen LogP contribution in [0.15, 0.2) is 55.2 Å². The normalized spacial score (nSPS) is 10.5. The fourth-order valence-corrected chi connectivity index (χ4v) is 2.20. The van der Waals surface area contributed by atoms with Gasteiger partial charge in [0.05, 0.1) is 5.52 Å². The summed E-state index contributed by atoms with van der Waals surface area (Å²) in [5, 5.41) is 1.12. The zero-order chi connectivity index (χ0) is 13.2. The number of carbonyl (C=O) groups is 1.